The highest BCUT2D eigenvalue weighted by Gasteiger charge is 2.23. The monoisotopic (exact) mass is 225 g/mol. The standard InChI is InChI=1S/C12H19NOS/c1-12(2,3)11(13)8-9(14)7-10-5-4-6-15-10/h4-6,11H,7-8,13H2,1-3H3. The minimum atomic E-state index is -0.0510. The average Bonchev–Trinajstić information content (AvgIpc) is 2.54. The van der Waals surface area contributed by atoms with Crippen LogP contribution in [0.3, 0.4) is 0 Å². The van der Waals surface area contributed by atoms with Crippen molar-refractivity contribution in [1.29, 1.82) is 0 Å². The Morgan fingerprint density at radius 2 is 2.20 bits per heavy atom. The van der Waals surface area contributed by atoms with Gasteiger partial charge in [-0.1, -0.05) is 26.8 Å². The molecule has 1 unspecified atom stereocenters. The molecule has 0 aliphatic rings. The molecule has 2 N–H and O–H groups in total. The summed E-state index contributed by atoms with van der Waals surface area (Å²) in [6.45, 7) is 6.20. The second kappa shape index (κ2) is 4.90. The van der Waals surface area contributed by atoms with E-state index in [0.29, 0.717) is 12.8 Å². The maximum atomic E-state index is 11.7. The minimum Gasteiger partial charge on any atom is -0.327 e. The third-order valence-corrected chi connectivity index (χ3v) is 3.39. The summed E-state index contributed by atoms with van der Waals surface area (Å²) in [6, 6.07) is 3.91. The van der Waals surface area contributed by atoms with Gasteiger partial charge in [-0.2, -0.15) is 0 Å². The molecule has 3 heteroatoms. The van der Waals surface area contributed by atoms with Crippen molar-refractivity contribution in [3.05, 3.63) is 22.4 Å². The molecular weight excluding hydrogens is 206 g/mol. The van der Waals surface area contributed by atoms with Crippen LogP contribution < -0.4 is 5.73 Å². The van der Waals surface area contributed by atoms with Gasteiger partial charge < -0.3 is 5.73 Å². The lowest BCUT2D eigenvalue weighted by atomic mass is 9.84. The number of rotatable bonds is 4. The van der Waals surface area contributed by atoms with Gasteiger partial charge in [0.1, 0.15) is 5.78 Å². The van der Waals surface area contributed by atoms with Crippen molar-refractivity contribution in [2.24, 2.45) is 11.1 Å². The molecule has 0 aliphatic heterocycles. The van der Waals surface area contributed by atoms with E-state index in [-0.39, 0.29) is 17.2 Å². The molecule has 0 aliphatic carbocycles. The summed E-state index contributed by atoms with van der Waals surface area (Å²) in [6.07, 6.45) is 1.00. The molecule has 2 nitrogen and oxygen atoms in total. The largest absolute Gasteiger partial charge is 0.327 e. The van der Waals surface area contributed by atoms with Gasteiger partial charge in [-0.25, -0.2) is 0 Å². The third-order valence-electron chi connectivity index (χ3n) is 2.51. The van der Waals surface area contributed by atoms with E-state index in [1.165, 1.54) is 0 Å². The van der Waals surface area contributed by atoms with Gasteiger partial charge in [0.15, 0.2) is 0 Å². The third kappa shape index (κ3) is 4.14. The molecule has 0 saturated heterocycles. The highest BCUT2D eigenvalue weighted by Crippen LogP contribution is 2.21. The Hall–Kier alpha value is -0.670. The highest BCUT2D eigenvalue weighted by molar-refractivity contribution is 7.10. The number of hydrogen-bond acceptors (Lipinski definition) is 3. The lowest BCUT2D eigenvalue weighted by molar-refractivity contribution is -0.119. The maximum Gasteiger partial charge on any atom is 0.139 e. The first-order valence-corrected chi connectivity index (χ1v) is 6.07. The van der Waals surface area contributed by atoms with Gasteiger partial charge in [0, 0.05) is 23.8 Å². The molecule has 0 radical (unpaired) electrons. The van der Waals surface area contributed by atoms with Crippen molar-refractivity contribution in [3.8, 4) is 0 Å². The first-order chi connectivity index (χ1) is 6.89. The van der Waals surface area contributed by atoms with E-state index >= 15 is 0 Å². The second-order valence-electron chi connectivity index (χ2n) is 4.97. The number of carbonyl (C=O) groups excluding carboxylic acids is 1. The summed E-state index contributed by atoms with van der Waals surface area (Å²) >= 11 is 1.62. The van der Waals surface area contributed by atoms with Crippen LogP contribution in [0.4, 0.5) is 0 Å². The van der Waals surface area contributed by atoms with E-state index in [0.717, 1.165) is 4.88 Å². The molecule has 1 rings (SSSR count). The smallest absolute Gasteiger partial charge is 0.139 e. The maximum absolute atomic E-state index is 11.7. The van der Waals surface area contributed by atoms with Crippen LogP contribution in [0, 0.1) is 5.41 Å². The van der Waals surface area contributed by atoms with Crippen LogP contribution >= 0.6 is 11.3 Å². The molecule has 0 spiro atoms. The SMILES string of the molecule is CC(C)(C)C(N)CC(=O)Cc1cccs1. The Balaban J connectivity index is 2.43. The average molecular weight is 225 g/mol. The quantitative estimate of drug-likeness (QED) is 0.856. The molecule has 1 atom stereocenters. The fourth-order valence-electron chi connectivity index (χ4n) is 1.23. The molecule has 1 heterocycles. The topological polar surface area (TPSA) is 43.1 Å². The molecule has 1 aromatic rings. The van der Waals surface area contributed by atoms with Crippen molar-refractivity contribution in [3.63, 3.8) is 0 Å². The van der Waals surface area contributed by atoms with E-state index < -0.39 is 0 Å². The van der Waals surface area contributed by atoms with Crippen LogP contribution in [0.5, 0.6) is 0 Å². The van der Waals surface area contributed by atoms with Gasteiger partial charge in [0.05, 0.1) is 0 Å². The van der Waals surface area contributed by atoms with Crippen LogP contribution in [0.2, 0.25) is 0 Å². The van der Waals surface area contributed by atoms with Crippen molar-refractivity contribution in [1.82, 2.24) is 0 Å². The number of hydrogen-bond donors (Lipinski definition) is 1. The highest BCUT2D eigenvalue weighted by atomic mass is 32.1. The van der Waals surface area contributed by atoms with E-state index in [1.54, 1.807) is 11.3 Å². The predicted molar refractivity (Wildman–Crippen MR) is 65.1 cm³/mol. The van der Waals surface area contributed by atoms with Crippen LogP contribution in [-0.4, -0.2) is 11.8 Å². The van der Waals surface area contributed by atoms with Gasteiger partial charge in [-0.15, -0.1) is 11.3 Å². The van der Waals surface area contributed by atoms with Crippen molar-refractivity contribution in [2.45, 2.75) is 39.7 Å². The fourth-order valence-corrected chi connectivity index (χ4v) is 1.96. The molecule has 0 aromatic carbocycles. The van der Waals surface area contributed by atoms with Gasteiger partial charge in [-0.05, 0) is 16.9 Å². The first kappa shape index (κ1) is 12.4. The predicted octanol–water partition coefficient (Wildman–Crippen LogP) is 2.62. The Morgan fingerprint density at radius 1 is 1.53 bits per heavy atom. The van der Waals surface area contributed by atoms with Crippen molar-refractivity contribution < 1.29 is 4.79 Å². The molecule has 1 aromatic heterocycles. The summed E-state index contributed by atoms with van der Waals surface area (Å²) in [5.74, 6) is 0.236. The molecule has 15 heavy (non-hydrogen) atoms. The van der Waals surface area contributed by atoms with Crippen LogP contribution in [0.25, 0.3) is 0 Å². The van der Waals surface area contributed by atoms with Gasteiger partial charge in [0.2, 0.25) is 0 Å². The van der Waals surface area contributed by atoms with Gasteiger partial charge >= 0.3 is 0 Å². The number of ketones is 1. The summed E-state index contributed by atoms with van der Waals surface area (Å²) < 4.78 is 0. The fraction of sp³-hybridized carbons (Fsp3) is 0.583. The van der Waals surface area contributed by atoms with Crippen LogP contribution in [0.15, 0.2) is 17.5 Å². The molecular formula is C12H19NOS. The van der Waals surface area contributed by atoms with Gasteiger partial charge in [0.25, 0.3) is 0 Å². The van der Waals surface area contributed by atoms with Crippen LogP contribution in [0.1, 0.15) is 32.1 Å². The summed E-state index contributed by atoms with van der Waals surface area (Å²) in [4.78, 5) is 12.8. The Morgan fingerprint density at radius 3 is 2.67 bits per heavy atom. The number of nitrogens with two attached hydrogens (primary N) is 1. The molecule has 0 saturated carbocycles. The Labute approximate surface area is 95.5 Å². The summed E-state index contributed by atoms with van der Waals surface area (Å²) in [5, 5.41) is 1.99. The lowest BCUT2D eigenvalue weighted by Gasteiger charge is -2.26. The summed E-state index contributed by atoms with van der Waals surface area (Å²) in [7, 11) is 0. The normalized spacial score (nSPS) is 13.9. The minimum absolute atomic E-state index is 0.00507. The number of thiophene rings is 1. The molecule has 84 valence electrons. The lowest BCUT2D eigenvalue weighted by Crippen LogP contribution is -2.37. The Kier molecular flexibility index (Phi) is 4.05. The van der Waals surface area contributed by atoms with E-state index in [1.807, 2.05) is 17.5 Å². The summed E-state index contributed by atoms with van der Waals surface area (Å²) in [5.41, 5.74) is 5.97. The molecule has 0 fully saturated rings. The Bertz CT molecular complexity index is 311. The van der Waals surface area contributed by atoms with E-state index in [2.05, 4.69) is 20.8 Å². The zero-order valence-corrected chi connectivity index (χ0v) is 10.4. The van der Waals surface area contributed by atoms with E-state index in [4.69, 9.17) is 5.73 Å². The van der Waals surface area contributed by atoms with Crippen LogP contribution in [-0.2, 0) is 11.2 Å². The van der Waals surface area contributed by atoms with Gasteiger partial charge in [-0.3, -0.25) is 4.79 Å². The number of Topliss-reactive ketones (excluding diaryl/α,β-unsaturated/α-hetero) is 1. The zero-order chi connectivity index (χ0) is 11.5. The number of carbonyl (C=O) groups is 1. The second-order valence-corrected chi connectivity index (χ2v) is 6.00. The van der Waals surface area contributed by atoms with Crippen molar-refractivity contribution >= 4 is 17.1 Å². The molecule has 0 bridgehead atoms. The zero-order valence-electron chi connectivity index (χ0n) is 9.62. The molecule has 0 amide bonds. The van der Waals surface area contributed by atoms with Crippen molar-refractivity contribution in [2.75, 3.05) is 0 Å². The first-order valence-electron chi connectivity index (χ1n) is 5.19. The van der Waals surface area contributed by atoms with E-state index in [9.17, 15) is 4.79 Å².